The Bertz CT molecular complexity index is 920. The number of para-hydroxylation sites is 1. The highest BCUT2D eigenvalue weighted by atomic mass is 16.5. The summed E-state index contributed by atoms with van der Waals surface area (Å²) in [5.74, 6) is -0.445. The summed E-state index contributed by atoms with van der Waals surface area (Å²) < 4.78 is 5.21. The number of hydrogen-bond donors (Lipinski definition) is 2. The van der Waals surface area contributed by atoms with Gasteiger partial charge in [0.25, 0.3) is 0 Å². The van der Waals surface area contributed by atoms with Gasteiger partial charge in [0.1, 0.15) is 5.82 Å². The van der Waals surface area contributed by atoms with Crippen molar-refractivity contribution in [1.82, 2.24) is 15.3 Å². The van der Waals surface area contributed by atoms with Crippen LogP contribution in [0.2, 0.25) is 0 Å². The van der Waals surface area contributed by atoms with Crippen molar-refractivity contribution < 1.29 is 14.3 Å². The van der Waals surface area contributed by atoms with Gasteiger partial charge in [0, 0.05) is 24.0 Å². The Hall–Kier alpha value is -3.16. The fraction of sp³-hybridized carbons (Fsp3) is 0.429. The van der Waals surface area contributed by atoms with Gasteiger partial charge in [-0.1, -0.05) is 18.2 Å². The Morgan fingerprint density at radius 1 is 1.17 bits per heavy atom. The minimum absolute atomic E-state index is 0.0926. The molecule has 0 radical (unpaired) electrons. The second kappa shape index (κ2) is 7.69. The van der Waals surface area contributed by atoms with Crippen LogP contribution in [0.4, 0.5) is 11.5 Å². The first-order valence-electron chi connectivity index (χ1n) is 9.86. The molecule has 0 spiro atoms. The number of nitrogens with one attached hydrogen (secondary N) is 2. The number of methoxy groups -OCH3 is 1. The second-order valence-electron chi connectivity index (χ2n) is 7.64. The molecule has 2 fully saturated rings. The monoisotopic (exact) mass is 395 g/mol. The maximum atomic E-state index is 12.7. The number of nitrogens with zero attached hydrogens (tertiary/aromatic N) is 3. The molecule has 2 amide bonds. The number of hydrogen-bond acceptors (Lipinski definition) is 6. The third kappa shape index (κ3) is 3.74. The number of aromatic nitrogens is 2. The van der Waals surface area contributed by atoms with Crippen LogP contribution in [-0.4, -0.2) is 47.0 Å². The molecule has 152 valence electrons. The van der Waals surface area contributed by atoms with Crippen LogP contribution >= 0.6 is 0 Å². The summed E-state index contributed by atoms with van der Waals surface area (Å²) in [6.07, 6.45) is 3.54. The van der Waals surface area contributed by atoms with E-state index in [9.17, 15) is 9.59 Å². The van der Waals surface area contributed by atoms with Gasteiger partial charge < -0.3 is 20.3 Å². The van der Waals surface area contributed by atoms with E-state index in [1.165, 1.54) is 0 Å². The highest BCUT2D eigenvalue weighted by molar-refractivity contribution is 6.39. The van der Waals surface area contributed by atoms with Crippen molar-refractivity contribution in [2.24, 2.45) is 0 Å². The summed E-state index contributed by atoms with van der Waals surface area (Å²) in [7, 11) is 1.55. The highest BCUT2D eigenvalue weighted by Crippen LogP contribution is 2.43. The van der Waals surface area contributed by atoms with E-state index in [1.54, 1.807) is 19.2 Å². The van der Waals surface area contributed by atoms with Crippen molar-refractivity contribution in [3.8, 4) is 6.01 Å². The van der Waals surface area contributed by atoms with Gasteiger partial charge in [0.2, 0.25) is 0 Å². The molecule has 2 N–H and O–H groups in total. The van der Waals surface area contributed by atoms with Crippen molar-refractivity contribution in [1.29, 1.82) is 0 Å². The summed E-state index contributed by atoms with van der Waals surface area (Å²) in [5, 5.41) is 5.71. The third-order valence-electron chi connectivity index (χ3n) is 5.81. The fourth-order valence-electron chi connectivity index (χ4n) is 4.51. The van der Waals surface area contributed by atoms with E-state index in [4.69, 9.17) is 4.74 Å². The molecule has 2 aliphatic rings. The van der Waals surface area contributed by atoms with E-state index in [0.29, 0.717) is 11.7 Å². The predicted octanol–water partition coefficient (Wildman–Crippen LogP) is 2.05. The van der Waals surface area contributed by atoms with E-state index >= 15 is 0 Å². The minimum Gasteiger partial charge on any atom is -0.467 e. The van der Waals surface area contributed by atoms with Gasteiger partial charge in [0.05, 0.1) is 18.7 Å². The summed E-state index contributed by atoms with van der Waals surface area (Å²) >= 11 is 0. The lowest BCUT2D eigenvalue weighted by atomic mass is 9.93. The molecular formula is C21H25N5O3. The average Bonchev–Trinajstić information content (AvgIpc) is 3.26. The lowest BCUT2D eigenvalue weighted by Gasteiger charge is -2.33. The zero-order valence-electron chi connectivity index (χ0n) is 16.6. The van der Waals surface area contributed by atoms with Crippen molar-refractivity contribution in [3.63, 3.8) is 0 Å². The SMILES string of the molecule is COc1nc(C)cc(N2CCC3(NC(=O)C(=O)Nc4ccccc4)CCCC23)n1. The lowest BCUT2D eigenvalue weighted by molar-refractivity contribution is -0.137. The molecule has 1 aromatic carbocycles. The number of carbonyl (C=O) groups is 2. The molecule has 1 aromatic heterocycles. The molecule has 1 saturated heterocycles. The topological polar surface area (TPSA) is 96.5 Å². The number of amides is 2. The Labute approximate surface area is 169 Å². The van der Waals surface area contributed by atoms with Gasteiger partial charge in [-0.2, -0.15) is 4.98 Å². The fourth-order valence-corrected chi connectivity index (χ4v) is 4.51. The molecule has 2 unspecified atom stereocenters. The molecule has 1 aliphatic carbocycles. The Morgan fingerprint density at radius 3 is 2.72 bits per heavy atom. The van der Waals surface area contributed by atoms with Crippen molar-refractivity contribution in [2.45, 2.75) is 44.2 Å². The van der Waals surface area contributed by atoms with Crippen molar-refractivity contribution in [2.75, 3.05) is 23.9 Å². The summed E-state index contributed by atoms with van der Waals surface area (Å²) in [4.78, 5) is 36.0. The minimum atomic E-state index is -0.644. The first-order valence-corrected chi connectivity index (χ1v) is 9.86. The largest absolute Gasteiger partial charge is 0.467 e. The third-order valence-corrected chi connectivity index (χ3v) is 5.81. The number of aryl methyl sites for hydroxylation is 1. The van der Waals surface area contributed by atoms with Crippen LogP contribution in [-0.2, 0) is 9.59 Å². The molecule has 1 saturated carbocycles. The van der Waals surface area contributed by atoms with E-state index in [1.807, 2.05) is 31.2 Å². The van der Waals surface area contributed by atoms with Crippen molar-refractivity contribution >= 4 is 23.3 Å². The Kier molecular flexibility index (Phi) is 5.08. The predicted molar refractivity (Wildman–Crippen MR) is 109 cm³/mol. The van der Waals surface area contributed by atoms with Crippen LogP contribution in [0.25, 0.3) is 0 Å². The van der Waals surface area contributed by atoms with Gasteiger partial charge >= 0.3 is 17.8 Å². The molecule has 0 bridgehead atoms. The van der Waals surface area contributed by atoms with Crippen molar-refractivity contribution in [3.05, 3.63) is 42.1 Å². The van der Waals surface area contributed by atoms with Crippen LogP contribution in [0.5, 0.6) is 6.01 Å². The molecule has 1 aliphatic heterocycles. The van der Waals surface area contributed by atoms with Gasteiger partial charge in [0.15, 0.2) is 0 Å². The van der Waals surface area contributed by atoms with Gasteiger partial charge in [-0.15, -0.1) is 0 Å². The number of anilines is 2. The maximum Gasteiger partial charge on any atom is 0.318 e. The lowest BCUT2D eigenvalue weighted by Crippen LogP contribution is -2.56. The molecule has 8 nitrogen and oxygen atoms in total. The summed E-state index contributed by atoms with van der Waals surface area (Å²) in [5.41, 5.74) is 1.01. The van der Waals surface area contributed by atoms with Crippen LogP contribution < -0.4 is 20.3 Å². The number of rotatable bonds is 4. The number of benzene rings is 1. The zero-order valence-corrected chi connectivity index (χ0v) is 16.6. The Balaban J connectivity index is 1.50. The van der Waals surface area contributed by atoms with Crippen LogP contribution in [0.3, 0.4) is 0 Å². The number of fused-ring (bicyclic) bond motifs is 1. The molecule has 2 atom stereocenters. The average molecular weight is 395 g/mol. The van der Waals surface area contributed by atoms with E-state index < -0.39 is 17.4 Å². The smallest absolute Gasteiger partial charge is 0.318 e. The first-order chi connectivity index (χ1) is 14.0. The summed E-state index contributed by atoms with van der Waals surface area (Å²) in [6, 6.07) is 11.3. The zero-order chi connectivity index (χ0) is 20.4. The van der Waals surface area contributed by atoms with Gasteiger partial charge in [-0.25, -0.2) is 4.98 Å². The number of carbonyl (C=O) groups excluding carboxylic acids is 2. The van der Waals surface area contributed by atoms with Crippen LogP contribution in [0.1, 0.15) is 31.4 Å². The van der Waals surface area contributed by atoms with E-state index in [-0.39, 0.29) is 6.04 Å². The maximum absolute atomic E-state index is 12.7. The highest BCUT2D eigenvalue weighted by Gasteiger charge is 2.52. The van der Waals surface area contributed by atoms with Crippen LogP contribution in [0, 0.1) is 6.92 Å². The molecule has 4 rings (SSSR count). The number of ether oxygens (including phenoxy) is 1. The normalized spacial score (nSPS) is 22.8. The molecule has 2 aromatic rings. The quantitative estimate of drug-likeness (QED) is 0.769. The summed E-state index contributed by atoms with van der Waals surface area (Å²) in [6.45, 7) is 2.66. The molecule has 29 heavy (non-hydrogen) atoms. The Morgan fingerprint density at radius 2 is 1.97 bits per heavy atom. The van der Waals surface area contributed by atoms with Gasteiger partial charge in [-0.3, -0.25) is 9.59 Å². The molecule has 8 heteroatoms. The van der Waals surface area contributed by atoms with Gasteiger partial charge in [-0.05, 0) is 44.7 Å². The standard InChI is InChI=1S/C21H25N5O3/c1-14-13-17(24-20(22-14)29-2)26-12-11-21(10-6-9-16(21)26)25-19(28)18(27)23-15-7-4-3-5-8-15/h3-5,7-8,13,16H,6,9-12H2,1-2H3,(H,23,27)(H,25,28). The van der Waals surface area contributed by atoms with Crippen LogP contribution in [0.15, 0.2) is 36.4 Å². The van der Waals surface area contributed by atoms with E-state index in [0.717, 1.165) is 43.7 Å². The first kappa shape index (κ1) is 19.2. The molecular weight excluding hydrogens is 370 g/mol. The van der Waals surface area contributed by atoms with E-state index in [2.05, 4.69) is 25.5 Å². The second-order valence-corrected chi connectivity index (χ2v) is 7.64. The molecule has 2 heterocycles.